The van der Waals surface area contributed by atoms with Crippen molar-refractivity contribution < 1.29 is 27.6 Å². The van der Waals surface area contributed by atoms with E-state index >= 15 is 0 Å². The number of nitro groups is 1. The lowest BCUT2D eigenvalue weighted by atomic mass is 9.44. The van der Waals surface area contributed by atoms with Crippen LogP contribution in [0, 0.1) is 33.3 Å². The second kappa shape index (κ2) is 20.0. The van der Waals surface area contributed by atoms with Gasteiger partial charge in [-0.2, -0.15) is 0 Å². The molecule has 3 saturated carbocycles. The molecule has 4 atom stereocenters. The number of hydrogen-bond acceptors (Lipinski definition) is 11. The van der Waals surface area contributed by atoms with E-state index in [4.69, 9.17) is 9.47 Å². The first-order valence-corrected chi connectivity index (χ1v) is 24.7. The van der Waals surface area contributed by atoms with Crippen molar-refractivity contribution in [3.8, 4) is 11.5 Å². The Bertz CT molecular complexity index is 2330. The van der Waals surface area contributed by atoms with Crippen LogP contribution in [0.5, 0.6) is 11.5 Å². The number of hydrogen-bond donors (Lipinski definition) is 2. The van der Waals surface area contributed by atoms with Gasteiger partial charge in [0.1, 0.15) is 17.2 Å². The van der Waals surface area contributed by atoms with E-state index in [-0.39, 0.29) is 17.0 Å². The van der Waals surface area contributed by atoms with Gasteiger partial charge in [0.05, 0.1) is 28.6 Å². The first kappa shape index (κ1) is 45.5. The van der Waals surface area contributed by atoms with Gasteiger partial charge in [-0.05, 0) is 123 Å². The number of nitrogens with zero attached hydrogens (tertiary/aromatic N) is 4. The van der Waals surface area contributed by atoms with E-state index in [1.165, 1.54) is 30.5 Å². The van der Waals surface area contributed by atoms with Crippen molar-refractivity contribution in [1.82, 2.24) is 14.5 Å². The number of amides is 1. The Labute approximate surface area is 378 Å². The summed E-state index contributed by atoms with van der Waals surface area (Å²) >= 11 is 0. The SMILES string of the molecule is C[C@H]1[C@@H](N(CCCc2ccccc2)C2CCN(c3ccc(C(=O)NS(=O)(=O)c4ccc(NCCCN5CCOCC5)c([N+](=O)[O-])c4)c(Oc4ccccc4)c3)CC2)C[C@@H]2C[C@@H]1C2(C)C. The highest BCUT2D eigenvalue weighted by Gasteiger charge is 2.57. The largest absolute Gasteiger partial charge is 0.456 e. The molecule has 13 nitrogen and oxygen atoms in total. The van der Waals surface area contributed by atoms with Gasteiger partial charge in [0.15, 0.2) is 0 Å². The third kappa shape index (κ3) is 10.4. The Balaban J connectivity index is 0.953. The van der Waals surface area contributed by atoms with Gasteiger partial charge in [0.2, 0.25) is 0 Å². The Morgan fingerprint density at radius 1 is 0.922 bits per heavy atom. The zero-order valence-electron chi connectivity index (χ0n) is 37.5. The minimum Gasteiger partial charge on any atom is -0.456 e. The van der Waals surface area contributed by atoms with E-state index < -0.39 is 31.4 Å². The molecule has 5 aliphatic rings. The fourth-order valence-electron chi connectivity index (χ4n) is 10.9. The van der Waals surface area contributed by atoms with Gasteiger partial charge in [0, 0.05) is 62.6 Å². The Morgan fingerprint density at radius 2 is 1.64 bits per heavy atom. The van der Waals surface area contributed by atoms with E-state index in [2.05, 4.69) is 75.8 Å². The molecule has 5 fully saturated rings. The van der Waals surface area contributed by atoms with Crippen LogP contribution in [0.15, 0.2) is 102 Å². The smallest absolute Gasteiger partial charge is 0.293 e. The highest BCUT2D eigenvalue weighted by atomic mass is 32.2. The van der Waals surface area contributed by atoms with Crippen molar-refractivity contribution in [2.75, 3.05) is 69.2 Å². The van der Waals surface area contributed by atoms with Gasteiger partial charge in [-0.3, -0.25) is 24.7 Å². The maximum Gasteiger partial charge on any atom is 0.293 e. The number of carbonyl (C=O) groups is 1. The fourth-order valence-corrected chi connectivity index (χ4v) is 11.9. The number of para-hydroxylation sites is 1. The summed E-state index contributed by atoms with van der Waals surface area (Å²) < 4.78 is 41.2. The molecule has 0 spiro atoms. The van der Waals surface area contributed by atoms with E-state index in [0.717, 1.165) is 95.0 Å². The van der Waals surface area contributed by atoms with E-state index in [1.54, 1.807) is 18.2 Å². The molecule has 2 N–H and O–H groups in total. The molecular formula is C50H64N6O7S. The Kier molecular flexibility index (Phi) is 14.2. The molecule has 64 heavy (non-hydrogen) atoms. The van der Waals surface area contributed by atoms with Crippen molar-refractivity contribution in [3.63, 3.8) is 0 Å². The molecule has 0 aromatic heterocycles. The van der Waals surface area contributed by atoms with Gasteiger partial charge < -0.3 is 19.7 Å². The molecule has 342 valence electrons. The number of piperidine rings is 1. The molecule has 2 saturated heterocycles. The number of morpholine rings is 1. The number of nitrogens with one attached hydrogen (secondary N) is 2. The number of sulfonamides is 1. The lowest BCUT2D eigenvalue weighted by Crippen LogP contribution is -2.63. The van der Waals surface area contributed by atoms with Crippen LogP contribution in [0.4, 0.5) is 17.1 Å². The summed E-state index contributed by atoms with van der Waals surface area (Å²) in [7, 11) is -4.52. The number of ether oxygens (including phenoxy) is 2. The quantitative estimate of drug-likeness (QED) is 0.0563. The normalized spacial score (nSPS) is 22.4. The van der Waals surface area contributed by atoms with Gasteiger partial charge >= 0.3 is 0 Å². The topological polar surface area (TPSA) is 147 Å². The Hall–Kier alpha value is -5.02. The molecule has 3 aliphatic carbocycles. The second-order valence-corrected chi connectivity index (χ2v) is 20.5. The predicted octanol–water partition coefficient (Wildman–Crippen LogP) is 8.61. The highest BCUT2D eigenvalue weighted by molar-refractivity contribution is 7.90. The van der Waals surface area contributed by atoms with E-state index in [1.807, 2.05) is 30.3 Å². The zero-order chi connectivity index (χ0) is 44.8. The fraction of sp³-hybridized carbons (Fsp3) is 0.500. The molecule has 0 unspecified atom stereocenters. The van der Waals surface area contributed by atoms with E-state index in [9.17, 15) is 23.3 Å². The summed E-state index contributed by atoms with van der Waals surface area (Å²) in [5.74, 6) is 2.01. The number of fused-ring (bicyclic) bond motifs is 2. The molecule has 2 aliphatic heterocycles. The summed E-state index contributed by atoms with van der Waals surface area (Å²) in [6.07, 6.45) is 7.59. The molecule has 2 bridgehead atoms. The number of carbonyl (C=O) groups excluding carboxylic acids is 1. The first-order chi connectivity index (χ1) is 30.9. The lowest BCUT2D eigenvalue weighted by molar-refractivity contribution is -0.384. The number of nitro benzene ring substituents is 1. The van der Waals surface area contributed by atoms with Gasteiger partial charge in [0.25, 0.3) is 21.6 Å². The maximum atomic E-state index is 13.9. The average molecular weight is 893 g/mol. The average Bonchev–Trinajstić information content (AvgIpc) is 3.30. The van der Waals surface area contributed by atoms with Crippen molar-refractivity contribution in [2.45, 2.75) is 82.7 Å². The minimum atomic E-state index is -4.52. The molecule has 0 radical (unpaired) electrons. The summed E-state index contributed by atoms with van der Waals surface area (Å²) in [4.78, 5) is 32.5. The van der Waals surface area contributed by atoms with Gasteiger partial charge in [-0.15, -0.1) is 0 Å². The number of benzene rings is 4. The van der Waals surface area contributed by atoms with Crippen LogP contribution in [0.2, 0.25) is 0 Å². The monoisotopic (exact) mass is 892 g/mol. The summed E-state index contributed by atoms with van der Waals surface area (Å²) in [6.45, 7) is 14.5. The van der Waals surface area contributed by atoms with Crippen molar-refractivity contribution in [1.29, 1.82) is 0 Å². The summed E-state index contributed by atoms with van der Waals surface area (Å²) in [6, 6.07) is 29.8. The summed E-state index contributed by atoms with van der Waals surface area (Å²) in [5.41, 5.74) is 2.53. The van der Waals surface area contributed by atoms with Crippen LogP contribution < -0.4 is 19.7 Å². The second-order valence-electron chi connectivity index (χ2n) is 18.8. The third-order valence-corrected chi connectivity index (χ3v) is 16.0. The van der Waals surface area contributed by atoms with Crippen LogP contribution in [0.3, 0.4) is 0 Å². The third-order valence-electron chi connectivity index (χ3n) is 14.7. The Morgan fingerprint density at radius 3 is 2.33 bits per heavy atom. The van der Waals surface area contributed by atoms with Crippen LogP contribution >= 0.6 is 0 Å². The lowest BCUT2D eigenvalue weighted by Gasteiger charge is -2.64. The van der Waals surface area contributed by atoms with Crippen LogP contribution in [0.25, 0.3) is 0 Å². The minimum absolute atomic E-state index is 0.0245. The van der Waals surface area contributed by atoms with Gasteiger partial charge in [-0.1, -0.05) is 69.3 Å². The zero-order valence-corrected chi connectivity index (χ0v) is 38.3. The van der Waals surface area contributed by atoms with Crippen LogP contribution in [-0.2, 0) is 21.2 Å². The molecule has 1 amide bonds. The van der Waals surface area contributed by atoms with Crippen molar-refractivity contribution in [3.05, 3.63) is 118 Å². The first-order valence-electron chi connectivity index (χ1n) is 23.2. The highest BCUT2D eigenvalue weighted by Crippen LogP contribution is 2.62. The summed E-state index contributed by atoms with van der Waals surface area (Å²) in [5, 5.41) is 15.2. The molecule has 2 heterocycles. The van der Waals surface area contributed by atoms with Crippen LogP contribution in [0.1, 0.15) is 75.2 Å². The number of aryl methyl sites for hydroxylation is 1. The maximum absolute atomic E-state index is 13.9. The van der Waals surface area contributed by atoms with Gasteiger partial charge in [-0.25, -0.2) is 13.1 Å². The molecule has 4 aromatic carbocycles. The molecule has 9 rings (SSSR count). The number of anilines is 2. The van der Waals surface area contributed by atoms with Crippen LogP contribution in [-0.4, -0.2) is 100 Å². The molecule has 4 aromatic rings. The van der Waals surface area contributed by atoms with E-state index in [0.29, 0.717) is 48.9 Å². The molecule has 14 heteroatoms. The molecular weight excluding hydrogens is 829 g/mol. The predicted molar refractivity (Wildman–Crippen MR) is 251 cm³/mol. The number of rotatable bonds is 18. The van der Waals surface area contributed by atoms with Crippen molar-refractivity contribution in [2.24, 2.45) is 23.2 Å². The standard InChI is InChI=1S/C50H64N6O7S/c1-36-44-32-38(50(44,2)3)33-46(36)55(25-10-14-37-12-6-4-7-13-37)39-21-26-54(27-22-39)40-17-19-43(48(34-40)63-41-15-8-5-9-16-41)49(57)52-64(60,61)42-18-20-45(47(35-42)56(58)59)51-23-11-24-53-28-30-62-31-29-53/h4-9,12-13,15-20,34-36,38-39,44,46,51H,10-11,14,21-33H2,1-3H3,(H,52,57)/t36-,38+,44+,46+/m1/s1. The van der Waals surface area contributed by atoms with Crippen molar-refractivity contribution >= 4 is 33.0 Å².